The van der Waals surface area contributed by atoms with Crippen LogP contribution in [0.15, 0.2) is 29.4 Å². The molecule has 0 aromatic heterocycles. The number of benzene rings is 1. The van der Waals surface area contributed by atoms with Crippen LogP contribution in [-0.4, -0.2) is 23.3 Å². The second kappa shape index (κ2) is 6.38. The first-order valence-corrected chi connectivity index (χ1v) is 6.56. The molecule has 0 radical (unpaired) electrons. The number of nitrogens with zero attached hydrogens (tertiary/aromatic N) is 1. The molecule has 1 aromatic rings. The van der Waals surface area contributed by atoms with Crippen molar-refractivity contribution in [1.82, 2.24) is 5.43 Å². The first-order valence-electron chi connectivity index (χ1n) is 6.12. The first kappa shape index (κ1) is 14.3. The van der Waals surface area contributed by atoms with Crippen LogP contribution >= 0.6 is 11.6 Å². The predicted molar refractivity (Wildman–Crippen MR) is 75.8 cm³/mol. The molecule has 0 bridgehead atoms. The maximum Gasteiger partial charge on any atom is 0.413 e. The number of carbonyl (C=O) groups is 2. The SMILES string of the molecule is CC(Cl)OC(=O)Nc1ccc(C2=NNC(=O)CC2)cc1. The molecule has 20 heavy (non-hydrogen) atoms. The Labute approximate surface area is 121 Å². The van der Waals surface area contributed by atoms with Gasteiger partial charge >= 0.3 is 6.09 Å². The highest BCUT2D eigenvalue weighted by atomic mass is 35.5. The van der Waals surface area contributed by atoms with E-state index in [2.05, 4.69) is 15.8 Å². The fourth-order valence-electron chi connectivity index (χ4n) is 1.72. The summed E-state index contributed by atoms with van der Waals surface area (Å²) >= 11 is 5.54. The lowest BCUT2D eigenvalue weighted by Crippen LogP contribution is -2.25. The van der Waals surface area contributed by atoms with Crippen LogP contribution in [0.3, 0.4) is 0 Å². The predicted octanol–water partition coefficient (Wildman–Crippen LogP) is 2.43. The van der Waals surface area contributed by atoms with Crippen LogP contribution < -0.4 is 10.7 Å². The minimum atomic E-state index is -0.686. The standard InChI is InChI=1S/C13H14ClN3O3/c1-8(14)20-13(19)15-10-4-2-9(3-5-10)11-6-7-12(18)17-16-11/h2-5,8H,6-7H2,1H3,(H,15,19)(H,17,18). The van der Waals surface area contributed by atoms with E-state index in [1.54, 1.807) is 19.1 Å². The number of hydrogen-bond donors (Lipinski definition) is 2. The van der Waals surface area contributed by atoms with Crippen LogP contribution in [0.4, 0.5) is 10.5 Å². The molecule has 1 heterocycles. The Morgan fingerprint density at radius 1 is 1.40 bits per heavy atom. The van der Waals surface area contributed by atoms with E-state index in [9.17, 15) is 9.59 Å². The van der Waals surface area contributed by atoms with Crippen molar-refractivity contribution in [2.75, 3.05) is 5.32 Å². The Hall–Kier alpha value is -2.08. The van der Waals surface area contributed by atoms with Crippen molar-refractivity contribution in [2.45, 2.75) is 25.3 Å². The maximum atomic E-state index is 11.4. The molecule has 2 rings (SSSR count). The Morgan fingerprint density at radius 3 is 2.65 bits per heavy atom. The van der Waals surface area contributed by atoms with Crippen molar-refractivity contribution in [3.05, 3.63) is 29.8 Å². The first-order chi connectivity index (χ1) is 9.54. The fraction of sp³-hybridized carbons (Fsp3) is 0.308. The molecule has 0 spiro atoms. The van der Waals surface area contributed by atoms with Gasteiger partial charge in [0.2, 0.25) is 5.91 Å². The highest BCUT2D eigenvalue weighted by Gasteiger charge is 2.13. The molecule has 0 saturated carbocycles. The van der Waals surface area contributed by atoms with E-state index < -0.39 is 11.7 Å². The number of amides is 2. The molecule has 1 aliphatic rings. The molecule has 1 aromatic carbocycles. The zero-order chi connectivity index (χ0) is 14.5. The Kier molecular flexibility index (Phi) is 4.57. The van der Waals surface area contributed by atoms with Crippen molar-refractivity contribution in [3.63, 3.8) is 0 Å². The maximum absolute atomic E-state index is 11.4. The van der Waals surface area contributed by atoms with Gasteiger partial charge in [0.05, 0.1) is 5.71 Å². The summed E-state index contributed by atoms with van der Waals surface area (Å²) in [7, 11) is 0. The van der Waals surface area contributed by atoms with Crippen LogP contribution in [0.25, 0.3) is 0 Å². The quantitative estimate of drug-likeness (QED) is 0.841. The van der Waals surface area contributed by atoms with Gasteiger partial charge in [-0.25, -0.2) is 10.2 Å². The molecule has 2 N–H and O–H groups in total. The van der Waals surface area contributed by atoms with Gasteiger partial charge in [-0.1, -0.05) is 23.7 Å². The Morgan fingerprint density at radius 2 is 2.10 bits per heavy atom. The van der Waals surface area contributed by atoms with Gasteiger partial charge < -0.3 is 4.74 Å². The summed E-state index contributed by atoms with van der Waals surface area (Å²) in [5.74, 6) is -0.0787. The molecule has 1 unspecified atom stereocenters. The van der Waals surface area contributed by atoms with E-state index in [0.717, 1.165) is 11.3 Å². The van der Waals surface area contributed by atoms with Crippen LogP contribution in [-0.2, 0) is 9.53 Å². The lowest BCUT2D eigenvalue weighted by molar-refractivity contribution is -0.121. The van der Waals surface area contributed by atoms with Gasteiger partial charge in [0.25, 0.3) is 0 Å². The third-order valence-corrected chi connectivity index (χ3v) is 2.73. The third kappa shape index (κ3) is 3.96. The highest BCUT2D eigenvalue weighted by Crippen LogP contribution is 2.14. The van der Waals surface area contributed by atoms with E-state index in [1.165, 1.54) is 0 Å². The number of anilines is 1. The van der Waals surface area contributed by atoms with E-state index in [-0.39, 0.29) is 5.91 Å². The minimum Gasteiger partial charge on any atom is -0.430 e. The third-order valence-electron chi connectivity index (χ3n) is 2.64. The van der Waals surface area contributed by atoms with Gasteiger partial charge in [-0.05, 0) is 24.6 Å². The zero-order valence-corrected chi connectivity index (χ0v) is 11.6. The van der Waals surface area contributed by atoms with Crippen molar-refractivity contribution in [3.8, 4) is 0 Å². The summed E-state index contributed by atoms with van der Waals surface area (Å²) < 4.78 is 4.76. The summed E-state index contributed by atoms with van der Waals surface area (Å²) in [5, 5.41) is 6.55. The summed E-state index contributed by atoms with van der Waals surface area (Å²) in [6, 6.07) is 7.09. The summed E-state index contributed by atoms with van der Waals surface area (Å²) in [5.41, 5.74) is 4.06. The molecule has 106 valence electrons. The highest BCUT2D eigenvalue weighted by molar-refractivity contribution is 6.20. The molecular formula is C13H14ClN3O3. The van der Waals surface area contributed by atoms with E-state index in [4.69, 9.17) is 16.3 Å². The number of ether oxygens (including phenoxy) is 1. The number of hydrazone groups is 1. The van der Waals surface area contributed by atoms with Gasteiger partial charge in [0.1, 0.15) is 0 Å². The summed E-state index contributed by atoms with van der Waals surface area (Å²) in [6.07, 6.45) is 0.422. The average molecular weight is 296 g/mol. The average Bonchev–Trinajstić information content (AvgIpc) is 2.39. The van der Waals surface area contributed by atoms with Crippen molar-refractivity contribution >= 4 is 35.0 Å². The monoisotopic (exact) mass is 295 g/mol. The lowest BCUT2D eigenvalue weighted by Gasteiger charge is -2.13. The number of carbonyl (C=O) groups excluding carboxylic acids is 2. The number of halogens is 1. The topological polar surface area (TPSA) is 79.8 Å². The number of alkyl halides is 1. The minimum absolute atomic E-state index is 0.0787. The van der Waals surface area contributed by atoms with Gasteiger partial charge in [-0.2, -0.15) is 5.10 Å². The van der Waals surface area contributed by atoms with E-state index >= 15 is 0 Å². The summed E-state index contributed by atoms with van der Waals surface area (Å²) in [4.78, 5) is 22.4. The lowest BCUT2D eigenvalue weighted by atomic mass is 10.0. The van der Waals surface area contributed by atoms with Crippen LogP contribution in [0.1, 0.15) is 25.3 Å². The second-order valence-corrected chi connectivity index (χ2v) is 4.86. The number of rotatable bonds is 3. The molecule has 0 fully saturated rings. The molecule has 0 aliphatic carbocycles. The van der Waals surface area contributed by atoms with Gasteiger partial charge in [-0.3, -0.25) is 10.1 Å². The van der Waals surface area contributed by atoms with Gasteiger partial charge in [0, 0.05) is 18.5 Å². The molecule has 6 nitrogen and oxygen atoms in total. The fourth-order valence-corrected chi connectivity index (χ4v) is 1.80. The van der Waals surface area contributed by atoms with Crippen LogP contribution in [0, 0.1) is 0 Å². The molecule has 0 saturated heterocycles. The molecule has 7 heteroatoms. The van der Waals surface area contributed by atoms with Crippen molar-refractivity contribution in [2.24, 2.45) is 5.10 Å². The molecule has 1 atom stereocenters. The van der Waals surface area contributed by atoms with Crippen molar-refractivity contribution in [1.29, 1.82) is 0 Å². The zero-order valence-electron chi connectivity index (χ0n) is 10.9. The molecule has 2 amide bonds. The molecular weight excluding hydrogens is 282 g/mol. The van der Waals surface area contributed by atoms with Gasteiger partial charge in [0.15, 0.2) is 5.56 Å². The van der Waals surface area contributed by atoms with Crippen molar-refractivity contribution < 1.29 is 14.3 Å². The normalized spacial score (nSPS) is 15.9. The van der Waals surface area contributed by atoms with E-state index in [0.29, 0.717) is 18.5 Å². The largest absolute Gasteiger partial charge is 0.430 e. The Bertz CT molecular complexity index is 540. The Balaban J connectivity index is 2.00. The van der Waals surface area contributed by atoms with Gasteiger partial charge in [-0.15, -0.1) is 0 Å². The van der Waals surface area contributed by atoms with Crippen LogP contribution in [0.2, 0.25) is 0 Å². The number of nitrogens with one attached hydrogen (secondary N) is 2. The van der Waals surface area contributed by atoms with Crippen LogP contribution in [0.5, 0.6) is 0 Å². The molecule has 1 aliphatic heterocycles. The van der Waals surface area contributed by atoms with E-state index in [1.807, 2.05) is 12.1 Å². The summed E-state index contributed by atoms with van der Waals surface area (Å²) in [6.45, 7) is 1.56. The number of hydrogen-bond acceptors (Lipinski definition) is 4. The second-order valence-electron chi connectivity index (χ2n) is 4.24. The smallest absolute Gasteiger partial charge is 0.413 e.